The summed E-state index contributed by atoms with van der Waals surface area (Å²) >= 11 is 0. The molecule has 0 spiro atoms. The molecule has 0 unspecified atom stereocenters. The van der Waals surface area contributed by atoms with Gasteiger partial charge < -0.3 is 9.84 Å². The number of benzene rings is 1. The third kappa shape index (κ3) is 2.80. The van der Waals surface area contributed by atoms with Gasteiger partial charge in [-0.25, -0.2) is 0 Å². The topological polar surface area (TPSA) is 29.5 Å². The second-order valence-electron chi connectivity index (χ2n) is 3.48. The Kier molecular flexibility index (Phi) is 3.57. The molecule has 1 aromatic carbocycles. The number of ether oxygens (including phenoxy) is 1. The van der Waals surface area contributed by atoms with Crippen LogP contribution in [0, 0.1) is 6.92 Å². The minimum absolute atomic E-state index is 0.231. The summed E-state index contributed by atoms with van der Waals surface area (Å²) in [6.45, 7) is 8.15. The summed E-state index contributed by atoms with van der Waals surface area (Å²) in [7, 11) is 0. The van der Waals surface area contributed by atoms with Crippen molar-refractivity contribution in [2.75, 3.05) is 6.61 Å². The third-order valence-corrected chi connectivity index (χ3v) is 1.99. The summed E-state index contributed by atoms with van der Waals surface area (Å²) < 4.78 is 5.42. The van der Waals surface area contributed by atoms with Crippen molar-refractivity contribution in [3.63, 3.8) is 0 Å². The minimum Gasteiger partial charge on any atom is -0.504 e. The molecule has 1 rings (SSSR count). The van der Waals surface area contributed by atoms with E-state index >= 15 is 0 Å². The zero-order valence-electron chi connectivity index (χ0n) is 8.71. The van der Waals surface area contributed by atoms with E-state index in [0.29, 0.717) is 12.4 Å². The van der Waals surface area contributed by atoms with Gasteiger partial charge in [-0.05, 0) is 25.5 Å². The van der Waals surface area contributed by atoms with Gasteiger partial charge in [0.15, 0.2) is 11.5 Å². The van der Waals surface area contributed by atoms with E-state index in [1.165, 1.54) is 0 Å². The van der Waals surface area contributed by atoms with Gasteiger partial charge >= 0.3 is 0 Å². The second-order valence-corrected chi connectivity index (χ2v) is 3.48. The lowest BCUT2D eigenvalue weighted by Gasteiger charge is -2.09. The number of rotatable bonds is 4. The molecule has 0 saturated carbocycles. The maximum atomic E-state index is 9.62. The second kappa shape index (κ2) is 4.70. The molecule has 0 saturated heterocycles. The molecule has 0 atom stereocenters. The van der Waals surface area contributed by atoms with E-state index in [4.69, 9.17) is 4.74 Å². The molecular formula is C12H16O2. The molecule has 1 N–H and O–H groups in total. The van der Waals surface area contributed by atoms with Crippen LogP contribution in [0.1, 0.15) is 18.9 Å². The third-order valence-electron chi connectivity index (χ3n) is 1.99. The van der Waals surface area contributed by atoms with Crippen molar-refractivity contribution < 1.29 is 9.84 Å². The maximum absolute atomic E-state index is 9.62. The molecule has 0 radical (unpaired) electrons. The summed E-state index contributed by atoms with van der Waals surface area (Å²) in [4.78, 5) is 0. The van der Waals surface area contributed by atoms with Crippen LogP contribution in [0.4, 0.5) is 0 Å². The van der Waals surface area contributed by atoms with E-state index in [1.807, 2.05) is 26.0 Å². The van der Waals surface area contributed by atoms with Gasteiger partial charge in [0.2, 0.25) is 0 Å². The molecule has 14 heavy (non-hydrogen) atoms. The number of phenolic OH excluding ortho intramolecular Hbond substituents is 1. The first kappa shape index (κ1) is 10.6. The van der Waals surface area contributed by atoms with Gasteiger partial charge in [-0.1, -0.05) is 17.7 Å². The summed E-state index contributed by atoms with van der Waals surface area (Å²) in [5, 5.41) is 9.62. The van der Waals surface area contributed by atoms with Crippen molar-refractivity contribution in [1.29, 1.82) is 0 Å². The van der Waals surface area contributed by atoms with Crippen LogP contribution in [0.25, 0.3) is 0 Å². The van der Waals surface area contributed by atoms with Gasteiger partial charge in [-0.3, -0.25) is 0 Å². The van der Waals surface area contributed by atoms with Crippen molar-refractivity contribution in [2.45, 2.75) is 20.3 Å². The van der Waals surface area contributed by atoms with Crippen molar-refractivity contribution in [3.05, 3.63) is 35.9 Å². The summed E-state index contributed by atoms with van der Waals surface area (Å²) in [6.07, 6.45) is 0.813. The molecule has 0 fully saturated rings. The van der Waals surface area contributed by atoms with E-state index in [9.17, 15) is 5.11 Å². The van der Waals surface area contributed by atoms with Crippen LogP contribution >= 0.6 is 0 Å². The molecule has 0 bridgehead atoms. The van der Waals surface area contributed by atoms with Gasteiger partial charge in [0.25, 0.3) is 0 Å². The van der Waals surface area contributed by atoms with E-state index < -0.39 is 0 Å². The average Bonchev–Trinajstić information content (AvgIpc) is 2.12. The zero-order chi connectivity index (χ0) is 10.6. The molecule has 2 nitrogen and oxygen atoms in total. The van der Waals surface area contributed by atoms with Crippen LogP contribution < -0.4 is 4.74 Å². The van der Waals surface area contributed by atoms with Gasteiger partial charge in [0.1, 0.15) is 0 Å². The van der Waals surface area contributed by atoms with Crippen LogP contribution in [0.15, 0.2) is 30.4 Å². The number of aryl methyl sites for hydroxylation is 1. The average molecular weight is 192 g/mol. The maximum Gasteiger partial charge on any atom is 0.161 e. The van der Waals surface area contributed by atoms with E-state index in [2.05, 4.69) is 6.58 Å². The predicted molar refractivity (Wildman–Crippen MR) is 57.8 cm³/mol. The first-order valence-electron chi connectivity index (χ1n) is 4.67. The standard InChI is InChI=1S/C12H16O2/c1-9(2)7-8-14-11-6-4-5-10(3)12(11)13/h4-6,13H,1,7-8H2,2-3H3. The van der Waals surface area contributed by atoms with Crippen LogP contribution in [0.5, 0.6) is 11.5 Å². The van der Waals surface area contributed by atoms with Crippen LogP contribution in [0.2, 0.25) is 0 Å². The van der Waals surface area contributed by atoms with Gasteiger partial charge in [-0.15, -0.1) is 6.58 Å². The van der Waals surface area contributed by atoms with Gasteiger partial charge in [0.05, 0.1) is 6.61 Å². The molecule has 0 heterocycles. The molecule has 76 valence electrons. The SMILES string of the molecule is C=C(C)CCOc1cccc(C)c1O. The minimum atomic E-state index is 0.231. The monoisotopic (exact) mass is 192 g/mol. The van der Waals surface area contributed by atoms with Gasteiger partial charge in [-0.2, -0.15) is 0 Å². The van der Waals surface area contributed by atoms with E-state index in [-0.39, 0.29) is 5.75 Å². The fraction of sp³-hybridized carbons (Fsp3) is 0.333. The predicted octanol–water partition coefficient (Wildman–Crippen LogP) is 3.05. The smallest absolute Gasteiger partial charge is 0.161 e. The van der Waals surface area contributed by atoms with E-state index in [0.717, 1.165) is 17.6 Å². The van der Waals surface area contributed by atoms with Crippen LogP contribution in [-0.2, 0) is 0 Å². The molecule has 1 aromatic rings. The fourth-order valence-corrected chi connectivity index (χ4v) is 1.08. The molecular weight excluding hydrogens is 176 g/mol. The van der Waals surface area contributed by atoms with Crippen molar-refractivity contribution in [2.24, 2.45) is 0 Å². The number of aromatic hydroxyl groups is 1. The molecule has 0 aliphatic carbocycles. The Bertz CT molecular complexity index is 329. The Morgan fingerprint density at radius 1 is 1.50 bits per heavy atom. The van der Waals surface area contributed by atoms with Crippen molar-refractivity contribution in [1.82, 2.24) is 0 Å². The summed E-state index contributed by atoms with van der Waals surface area (Å²) in [6, 6.07) is 5.48. The molecule has 0 aliphatic rings. The Labute approximate surface area is 84.8 Å². The molecule has 0 aromatic heterocycles. The lowest BCUT2D eigenvalue weighted by molar-refractivity contribution is 0.302. The van der Waals surface area contributed by atoms with Gasteiger partial charge in [0, 0.05) is 6.42 Å². The number of hydrogen-bond acceptors (Lipinski definition) is 2. The van der Waals surface area contributed by atoms with Crippen molar-refractivity contribution in [3.8, 4) is 11.5 Å². The Hall–Kier alpha value is -1.44. The molecule has 0 aliphatic heterocycles. The lowest BCUT2D eigenvalue weighted by atomic mass is 10.2. The molecule has 0 amide bonds. The Balaban J connectivity index is 2.59. The first-order valence-corrected chi connectivity index (χ1v) is 4.67. The number of para-hydroxylation sites is 1. The normalized spacial score (nSPS) is 9.86. The van der Waals surface area contributed by atoms with Crippen LogP contribution in [-0.4, -0.2) is 11.7 Å². The first-order chi connectivity index (χ1) is 6.61. The highest BCUT2D eigenvalue weighted by Crippen LogP contribution is 2.28. The molecule has 2 heteroatoms. The van der Waals surface area contributed by atoms with E-state index in [1.54, 1.807) is 6.07 Å². The highest BCUT2D eigenvalue weighted by molar-refractivity contribution is 5.44. The quantitative estimate of drug-likeness (QED) is 0.743. The largest absolute Gasteiger partial charge is 0.504 e. The number of phenols is 1. The lowest BCUT2D eigenvalue weighted by Crippen LogP contribution is -1.98. The Morgan fingerprint density at radius 2 is 2.21 bits per heavy atom. The highest BCUT2D eigenvalue weighted by atomic mass is 16.5. The zero-order valence-corrected chi connectivity index (χ0v) is 8.71. The fourth-order valence-electron chi connectivity index (χ4n) is 1.08. The van der Waals surface area contributed by atoms with Crippen LogP contribution in [0.3, 0.4) is 0 Å². The Morgan fingerprint density at radius 3 is 2.86 bits per heavy atom. The highest BCUT2D eigenvalue weighted by Gasteiger charge is 2.03. The van der Waals surface area contributed by atoms with Crippen molar-refractivity contribution >= 4 is 0 Å². The summed E-state index contributed by atoms with van der Waals surface area (Å²) in [5.41, 5.74) is 1.91. The number of hydrogen-bond donors (Lipinski definition) is 1. The summed E-state index contributed by atoms with van der Waals surface area (Å²) in [5.74, 6) is 0.778.